The fourth-order valence-corrected chi connectivity index (χ4v) is 1.58. The topological polar surface area (TPSA) is 52.6 Å². The van der Waals surface area contributed by atoms with Gasteiger partial charge in [0.15, 0.2) is 0 Å². The average Bonchev–Trinajstić information content (AvgIpc) is 2.19. The van der Waals surface area contributed by atoms with Gasteiger partial charge in [-0.15, -0.1) is 0 Å². The van der Waals surface area contributed by atoms with E-state index < -0.39 is 0 Å². The van der Waals surface area contributed by atoms with Crippen molar-refractivity contribution >= 4 is 12.4 Å². The number of hydrogen-bond acceptors (Lipinski definition) is 4. The summed E-state index contributed by atoms with van der Waals surface area (Å²) in [6, 6.07) is 0. The summed E-state index contributed by atoms with van der Waals surface area (Å²) in [5.74, 6) is -0.217. The summed E-state index contributed by atoms with van der Waals surface area (Å²) in [7, 11) is 0. The van der Waals surface area contributed by atoms with Gasteiger partial charge in [0.25, 0.3) is 6.47 Å². The highest BCUT2D eigenvalue weighted by Crippen LogP contribution is 2.24. The molecule has 0 unspecified atom stereocenters. The molecule has 1 aliphatic carbocycles. The van der Waals surface area contributed by atoms with Gasteiger partial charge in [-0.2, -0.15) is 0 Å². The molecule has 0 N–H and O–H groups in total. The highest BCUT2D eigenvalue weighted by atomic mass is 16.7. The minimum atomic E-state index is -0.251. The summed E-state index contributed by atoms with van der Waals surface area (Å²) in [4.78, 5) is 21.0. The van der Waals surface area contributed by atoms with Crippen molar-refractivity contribution in [1.29, 1.82) is 0 Å². The third-order valence-electron chi connectivity index (χ3n) is 2.28. The van der Waals surface area contributed by atoms with Gasteiger partial charge in [0.2, 0.25) is 6.79 Å². The van der Waals surface area contributed by atoms with E-state index in [0.717, 1.165) is 25.7 Å². The third-order valence-corrected chi connectivity index (χ3v) is 2.28. The van der Waals surface area contributed by atoms with Crippen molar-refractivity contribution < 1.29 is 19.1 Å². The third kappa shape index (κ3) is 3.44. The van der Waals surface area contributed by atoms with E-state index in [1.54, 1.807) is 0 Å². The lowest BCUT2D eigenvalue weighted by Gasteiger charge is -2.19. The molecule has 0 bridgehead atoms. The molecule has 4 nitrogen and oxygen atoms in total. The van der Waals surface area contributed by atoms with Gasteiger partial charge < -0.3 is 9.47 Å². The fraction of sp³-hybridized carbons (Fsp3) is 0.778. The molecule has 0 heterocycles. The first-order chi connectivity index (χ1) is 6.34. The highest BCUT2D eigenvalue weighted by molar-refractivity contribution is 5.72. The second-order valence-electron chi connectivity index (χ2n) is 3.18. The molecule has 0 amide bonds. The van der Waals surface area contributed by atoms with Crippen molar-refractivity contribution in [2.24, 2.45) is 5.92 Å². The van der Waals surface area contributed by atoms with Gasteiger partial charge in [-0.25, -0.2) is 0 Å². The van der Waals surface area contributed by atoms with Crippen LogP contribution < -0.4 is 0 Å². The summed E-state index contributed by atoms with van der Waals surface area (Å²) in [6.45, 7) is 0.0208. The second kappa shape index (κ2) is 5.56. The predicted octanol–water partition coefficient (Wildman–Crippen LogP) is 1.24. The van der Waals surface area contributed by atoms with Crippen molar-refractivity contribution in [3.63, 3.8) is 0 Å². The van der Waals surface area contributed by atoms with Crippen LogP contribution in [0.3, 0.4) is 0 Å². The van der Waals surface area contributed by atoms with Crippen LogP contribution >= 0.6 is 0 Å². The summed E-state index contributed by atoms with van der Waals surface area (Å²) < 4.78 is 9.00. The van der Waals surface area contributed by atoms with E-state index in [1.807, 2.05) is 0 Å². The molecule has 0 aliphatic heterocycles. The van der Waals surface area contributed by atoms with Crippen molar-refractivity contribution in [3.8, 4) is 0 Å². The average molecular weight is 186 g/mol. The molecular formula is C9H14O4. The minimum Gasteiger partial charge on any atom is -0.430 e. The summed E-state index contributed by atoms with van der Waals surface area (Å²) in [5, 5.41) is 0. The van der Waals surface area contributed by atoms with E-state index >= 15 is 0 Å². The van der Waals surface area contributed by atoms with E-state index in [0.29, 0.717) is 0 Å². The normalized spacial score (nSPS) is 17.8. The number of ether oxygens (including phenoxy) is 2. The molecule has 13 heavy (non-hydrogen) atoms. The van der Waals surface area contributed by atoms with Crippen LogP contribution in [0.4, 0.5) is 0 Å². The van der Waals surface area contributed by atoms with Gasteiger partial charge in [0.1, 0.15) is 0 Å². The Morgan fingerprint density at radius 3 is 2.62 bits per heavy atom. The van der Waals surface area contributed by atoms with Gasteiger partial charge in [-0.05, 0) is 12.8 Å². The Balaban J connectivity index is 2.17. The Kier molecular flexibility index (Phi) is 4.29. The van der Waals surface area contributed by atoms with Crippen LogP contribution in [-0.2, 0) is 19.1 Å². The van der Waals surface area contributed by atoms with Gasteiger partial charge in [0.05, 0.1) is 5.92 Å². The van der Waals surface area contributed by atoms with Crippen LogP contribution in [0.25, 0.3) is 0 Å². The molecule has 0 spiro atoms. The lowest BCUT2D eigenvalue weighted by atomic mass is 9.89. The number of carbonyl (C=O) groups excluding carboxylic acids is 2. The number of carbonyl (C=O) groups is 2. The number of hydrogen-bond donors (Lipinski definition) is 0. The quantitative estimate of drug-likeness (QED) is 0.287. The van der Waals surface area contributed by atoms with E-state index in [1.165, 1.54) is 6.42 Å². The first-order valence-electron chi connectivity index (χ1n) is 4.56. The van der Waals surface area contributed by atoms with Crippen molar-refractivity contribution in [2.45, 2.75) is 32.1 Å². The van der Waals surface area contributed by atoms with Crippen molar-refractivity contribution in [2.75, 3.05) is 6.79 Å². The van der Waals surface area contributed by atoms with Crippen molar-refractivity contribution in [1.82, 2.24) is 0 Å². The Hall–Kier alpha value is -1.06. The standard InChI is InChI=1S/C9H14O4/c10-6-12-7-13-9(11)8-4-2-1-3-5-8/h6,8H,1-5,7H2. The van der Waals surface area contributed by atoms with E-state index in [-0.39, 0.29) is 25.2 Å². The largest absolute Gasteiger partial charge is 0.430 e. The summed E-state index contributed by atoms with van der Waals surface area (Å²) >= 11 is 0. The molecule has 0 saturated heterocycles. The fourth-order valence-electron chi connectivity index (χ4n) is 1.58. The van der Waals surface area contributed by atoms with Crippen LogP contribution in [0.1, 0.15) is 32.1 Å². The molecule has 1 saturated carbocycles. The van der Waals surface area contributed by atoms with Gasteiger partial charge in [0, 0.05) is 0 Å². The van der Waals surface area contributed by atoms with Crippen LogP contribution in [0, 0.1) is 5.92 Å². The molecule has 1 rings (SSSR count). The first-order valence-corrected chi connectivity index (χ1v) is 4.56. The number of rotatable bonds is 4. The Morgan fingerprint density at radius 2 is 2.00 bits per heavy atom. The van der Waals surface area contributed by atoms with Crippen LogP contribution in [0.2, 0.25) is 0 Å². The minimum absolute atomic E-state index is 0.0176. The van der Waals surface area contributed by atoms with E-state index in [4.69, 9.17) is 4.74 Å². The zero-order valence-electron chi connectivity index (χ0n) is 7.53. The highest BCUT2D eigenvalue weighted by Gasteiger charge is 2.22. The zero-order chi connectivity index (χ0) is 9.52. The van der Waals surface area contributed by atoms with E-state index in [2.05, 4.69) is 4.74 Å². The molecule has 0 aromatic rings. The summed E-state index contributed by atoms with van der Waals surface area (Å²) in [5.41, 5.74) is 0. The number of esters is 1. The molecule has 1 fully saturated rings. The predicted molar refractivity (Wildman–Crippen MR) is 44.7 cm³/mol. The maximum Gasteiger partial charge on any atom is 0.311 e. The Labute approximate surface area is 77.2 Å². The molecule has 1 aliphatic rings. The van der Waals surface area contributed by atoms with Crippen LogP contribution in [0.5, 0.6) is 0 Å². The van der Waals surface area contributed by atoms with Gasteiger partial charge >= 0.3 is 5.97 Å². The molecule has 0 aromatic heterocycles. The molecule has 0 atom stereocenters. The lowest BCUT2D eigenvalue weighted by Crippen LogP contribution is -2.21. The van der Waals surface area contributed by atoms with Gasteiger partial charge in [-0.1, -0.05) is 19.3 Å². The monoisotopic (exact) mass is 186 g/mol. The maximum absolute atomic E-state index is 11.3. The van der Waals surface area contributed by atoms with Crippen LogP contribution in [-0.4, -0.2) is 19.2 Å². The second-order valence-corrected chi connectivity index (χ2v) is 3.18. The van der Waals surface area contributed by atoms with Crippen LogP contribution in [0.15, 0.2) is 0 Å². The first kappa shape index (κ1) is 10.0. The lowest BCUT2D eigenvalue weighted by molar-refractivity contribution is -0.164. The zero-order valence-corrected chi connectivity index (χ0v) is 7.53. The molecular weight excluding hydrogens is 172 g/mol. The Bertz CT molecular complexity index is 172. The molecule has 0 radical (unpaired) electrons. The maximum atomic E-state index is 11.3. The van der Waals surface area contributed by atoms with Gasteiger partial charge in [-0.3, -0.25) is 9.59 Å². The molecule has 4 heteroatoms. The Morgan fingerprint density at radius 1 is 1.31 bits per heavy atom. The smallest absolute Gasteiger partial charge is 0.311 e. The van der Waals surface area contributed by atoms with Crippen molar-refractivity contribution in [3.05, 3.63) is 0 Å². The summed E-state index contributed by atoms with van der Waals surface area (Å²) in [6.07, 6.45) is 5.19. The molecule has 74 valence electrons. The molecule has 0 aromatic carbocycles. The van der Waals surface area contributed by atoms with E-state index in [9.17, 15) is 9.59 Å². The SMILES string of the molecule is O=COCOC(=O)C1CCCCC1.